The van der Waals surface area contributed by atoms with Crippen molar-refractivity contribution in [3.63, 3.8) is 0 Å². The first-order valence-corrected chi connectivity index (χ1v) is 13.2. The van der Waals surface area contributed by atoms with E-state index < -0.39 is 0 Å². The van der Waals surface area contributed by atoms with Gasteiger partial charge in [-0.05, 0) is 48.4 Å². The zero-order valence-corrected chi connectivity index (χ0v) is 20.7. The third-order valence-corrected chi connectivity index (χ3v) is 7.44. The Kier molecular flexibility index (Phi) is 7.85. The van der Waals surface area contributed by atoms with Crippen LogP contribution in [-0.2, 0) is 16.1 Å². The lowest BCUT2D eigenvalue weighted by molar-refractivity contribution is -0.130. The zero-order chi connectivity index (χ0) is 24.7. The molecule has 186 valence electrons. The molecule has 0 aromatic heterocycles. The number of amides is 2. The monoisotopic (exact) mass is 502 g/mol. The standard InChI is InChI=1S/C28H30N4O3S/c33-26(29-21-11-13-23(14-12-21)35-22-9-5-2-6-10-22)19-36-28-30-25-15-16-32(18-24(25)27(34)31-28)17-20-7-3-1-4-8-20/h1-14,24-25,28,30H,15-19H2,(H,29,33)(H,31,34). The number of fused-ring (bicyclic) bond motifs is 1. The lowest BCUT2D eigenvalue weighted by atomic mass is 9.89. The van der Waals surface area contributed by atoms with Crippen molar-refractivity contribution in [3.05, 3.63) is 90.5 Å². The van der Waals surface area contributed by atoms with Crippen LogP contribution in [0.2, 0.25) is 0 Å². The number of carbonyl (C=O) groups excluding carboxylic acids is 2. The number of carbonyl (C=O) groups is 2. The van der Waals surface area contributed by atoms with Crippen molar-refractivity contribution in [3.8, 4) is 11.5 Å². The Morgan fingerprint density at radius 2 is 1.67 bits per heavy atom. The van der Waals surface area contributed by atoms with Crippen molar-refractivity contribution in [1.29, 1.82) is 0 Å². The highest BCUT2D eigenvalue weighted by Crippen LogP contribution is 2.26. The smallest absolute Gasteiger partial charge is 0.234 e. The second-order valence-corrected chi connectivity index (χ2v) is 10.2. The fourth-order valence-corrected chi connectivity index (χ4v) is 5.48. The minimum absolute atomic E-state index is 0.0587. The first-order chi connectivity index (χ1) is 17.6. The molecule has 3 unspecified atom stereocenters. The predicted molar refractivity (Wildman–Crippen MR) is 143 cm³/mol. The minimum Gasteiger partial charge on any atom is -0.457 e. The van der Waals surface area contributed by atoms with Crippen molar-refractivity contribution >= 4 is 29.3 Å². The highest BCUT2D eigenvalue weighted by Gasteiger charge is 2.39. The molecule has 2 aliphatic rings. The number of nitrogens with one attached hydrogen (secondary N) is 3. The average molecular weight is 503 g/mol. The van der Waals surface area contributed by atoms with E-state index in [9.17, 15) is 9.59 Å². The summed E-state index contributed by atoms with van der Waals surface area (Å²) >= 11 is 1.40. The maximum atomic E-state index is 12.8. The Balaban J connectivity index is 1.06. The summed E-state index contributed by atoms with van der Waals surface area (Å²) in [4.78, 5) is 27.7. The molecule has 0 spiro atoms. The van der Waals surface area contributed by atoms with Crippen LogP contribution in [0.3, 0.4) is 0 Å². The quantitative estimate of drug-likeness (QED) is 0.431. The van der Waals surface area contributed by atoms with Crippen LogP contribution in [0.15, 0.2) is 84.9 Å². The summed E-state index contributed by atoms with van der Waals surface area (Å²) in [6.45, 7) is 2.54. The van der Waals surface area contributed by atoms with Gasteiger partial charge in [0.25, 0.3) is 0 Å². The number of para-hydroxylation sites is 1. The number of benzene rings is 3. The molecule has 2 heterocycles. The molecular weight excluding hydrogens is 472 g/mol. The highest BCUT2D eigenvalue weighted by atomic mass is 32.2. The Bertz CT molecular complexity index is 1160. The van der Waals surface area contributed by atoms with Crippen LogP contribution in [0.5, 0.6) is 11.5 Å². The molecule has 2 fully saturated rings. The van der Waals surface area contributed by atoms with E-state index in [0.717, 1.165) is 31.8 Å². The van der Waals surface area contributed by atoms with Crippen LogP contribution in [0, 0.1) is 5.92 Å². The van der Waals surface area contributed by atoms with Crippen LogP contribution < -0.4 is 20.7 Å². The summed E-state index contributed by atoms with van der Waals surface area (Å²) in [7, 11) is 0. The van der Waals surface area contributed by atoms with Gasteiger partial charge in [-0.15, -0.1) is 11.8 Å². The third-order valence-electron chi connectivity index (χ3n) is 6.42. The van der Waals surface area contributed by atoms with E-state index in [1.807, 2.05) is 72.8 Å². The number of ether oxygens (including phenoxy) is 1. The van der Waals surface area contributed by atoms with Gasteiger partial charge in [0.15, 0.2) is 0 Å². The van der Waals surface area contributed by atoms with Crippen molar-refractivity contribution in [1.82, 2.24) is 15.5 Å². The molecule has 2 amide bonds. The first kappa shape index (κ1) is 24.4. The van der Waals surface area contributed by atoms with Gasteiger partial charge in [0.2, 0.25) is 11.8 Å². The van der Waals surface area contributed by atoms with Gasteiger partial charge in [-0.1, -0.05) is 48.5 Å². The number of hydrogen-bond acceptors (Lipinski definition) is 6. The Labute approximate surface area is 215 Å². The van der Waals surface area contributed by atoms with Gasteiger partial charge in [0.1, 0.15) is 17.0 Å². The van der Waals surface area contributed by atoms with E-state index in [1.165, 1.54) is 17.3 Å². The van der Waals surface area contributed by atoms with Gasteiger partial charge in [0, 0.05) is 31.4 Å². The molecule has 3 aromatic carbocycles. The summed E-state index contributed by atoms with van der Waals surface area (Å²) in [5.74, 6) is 1.56. The molecule has 3 aromatic rings. The van der Waals surface area contributed by atoms with E-state index in [0.29, 0.717) is 11.4 Å². The van der Waals surface area contributed by atoms with Gasteiger partial charge >= 0.3 is 0 Å². The van der Waals surface area contributed by atoms with Gasteiger partial charge in [0.05, 0.1) is 11.7 Å². The van der Waals surface area contributed by atoms with Crippen LogP contribution in [0.4, 0.5) is 5.69 Å². The maximum absolute atomic E-state index is 12.8. The Morgan fingerprint density at radius 3 is 2.42 bits per heavy atom. The van der Waals surface area contributed by atoms with Gasteiger partial charge in [-0.25, -0.2) is 0 Å². The summed E-state index contributed by atoms with van der Waals surface area (Å²) in [6.07, 6.45) is 0.908. The molecule has 0 aliphatic carbocycles. The number of rotatable bonds is 8. The van der Waals surface area contributed by atoms with Crippen LogP contribution in [0.25, 0.3) is 0 Å². The van der Waals surface area contributed by atoms with E-state index in [1.54, 1.807) is 0 Å². The van der Waals surface area contributed by atoms with Gasteiger partial charge in [-0.2, -0.15) is 0 Å². The third kappa shape index (κ3) is 6.46. The summed E-state index contributed by atoms with van der Waals surface area (Å²) in [5.41, 5.74) is 1.69. The van der Waals surface area contributed by atoms with Crippen molar-refractivity contribution < 1.29 is 14.3 Å². The largest absolute Gasteiger partial charge is 0.457 e. The van der Waals surface area contributed by atoms with Gasteiger partial charge < -0.3 is 15.4 Å². The minimum atomic E-state index is -0.271. The van der Waals surface area contributed by atoms with E-state index in [2.05, 4.69) is 33.0 Å². The molecule has 0 radical (unpaired) electrons. The molecule has 7 nitrogen and oxygen atoms in total. The van der Waals surface area contributed by atoms with Crippen LogP contribution >= 0.6 is 11.8 Å². The van der Waals surface area contributed by atoms with E-state index >= 15 is 0 Å². The molecule has 0 saturated carbocycles. The molecule has 3 atom stereocenters. The lowest BCUT2D eigenvalue weighted by Crippen LogP contribution is -2.64. The highest BCUT2D eigenvalue weighted by molar-refractivity contribution is 8.00. The number of piperidine rings is 1. The first-order valence-electron chi connectivity index (χ1n) is 12.2. The molecule has 5 rings (SSSR count). The second-order valence-electron chi connectivity index (χ2n) is 9.08. The predicted octanol–water partition coefficient (Wildman–Crippen LogP) is 4.04. The summed E-state index contributed by atoms with van der Waals surface area (Å²) in [6, 6.07) is 27.3. The lowest BCUT2D eigenvalue weighted by Gasteiger charge is -2.43. The molecule has 3 N–H and O–H groups in total. The zero-order valence-electron chi connectivity index (χ0n) is 19.9. The van der Waals surface area contributed by atoms with Crippen LogP contribution in [0.1, 0.15) is 12.0 Å². The Morgan fingerprint density at radius 1 is 0.972 bits per heavy atom. The average Bonchev–Trinajstić information content (AvgIpc) is 2.90. The number of hydrogen-bond donors (Lipinski definition) is 3. The molecular formula is C28H30N4O3S. The van der Waals surface area contributed by atoms with Crippen molar-refractivity contribution in [2.45, 2.75) is 24.5 Å². The molecule has 2 saturated heterocycles. The second kappa shape index (κ2) is 11.6. The molecule has 0 bridgehead atoms. The SMILES string of the molecule is O=C(CSC1NC(=O)C2CN(Cc3ccccc3)CCC2N1)Nc1ccc(Oc2ccccc2)cc1. The number of anilines is 1. The normalized spacial score (nSPS) is 21.8. The summed E-state index contributed by atoms with van der Waals surface area (Å²) in [5, 5.41) is 9.47. The van der Waals surface area contributed by atoms with Crippen molar-refractivity contribution in [2.75, 3.05) is 24.2 Å². The maximum Gasteiger partial charge on any atom is 0.234 e. The number of nitrogens with zero attached hydrogens (tertiary/aromatic N) is 1. The van der Waals surface area contributed by atoms with Gasteiger partial charge in [-0.3, -0.25) is 19.8 Å². The van der Waals surface area contributed by atoms with Crippen LogP contribution in [-0.4, -0.2) is 47.1 Å². The van der Waals surface area contributed by atoms with E-state index in [-0.39, 0.29) is 35.0 Å². The topological polar surface area (TPSA) is 82.7 Å². The molecule has 8 heteroatoms. The number of thioether (sulfide) groups is 1. The molecule has 2 aliphatic heterocycles. The number of likely N-dealkylation sites (tertiary alicyclic amines) is 1. The fourth-order valence-electron chi connectivity index (χ4n) is 4.62. The molecule has 36 heavy (non-hydrogen) atoms. The Hall–Kier alpha value is -3.33. The summed E-state index contributed by atoms with van der Waals surface area (Å²) < 4.78 is 5.79. The fraction of sp³-hybridized carbons (Fsp3) is 0.286. The van der Waals surface area contributed by atoms with Crippen molar-refractivity contribution in [2.24, 2.45) is 5.92 Å². The van der Waals surface area contributed by atoms with E-state index in [4.69, 9.17) is 4.74 Å².